The molecule has 1 atom stereocenters. The summed E-state index contributed by atoms with van der Waals surface area (Å²) in [5.74, 6) is 1.48. The van der Waals surface area contributed by atoms with Crippen LogP contribution < -0.4 is 15.0 Å². The quantitative estimate of drug-likeness (QED) is 0.938. The molecule has 1 amide bonds. The number of hydrogen-bond donors (Lipinski definition) is 1. The highest BCUT2D eigenvalue weighted by Gasteiger charge is 2.31. The Morgan fingerprint density at radius 3 is 2.95 bits per heavy atom. The summed E-state index contributed by atoms with van der Waals surface area (Å²) in [5, 5.41) is 3.89. The standard InChI is InChI=1S/C15H18N4O2S/c1-10-16-15(22-18-10)17-11-6-5-9-19(14(11)20)12-7-3-4-8-13(12)21-2/h3-4,7-8,11H,5-6,9H2,1-2H3,(H,16,17,18)/t11-/m1/s1. The number of hydrogen-bond acceptors (Lipinski definition) is 6. The number of carbonyl (C=O) groups is 1. The van der Waals surface area contributed by atoms with Gasteiger partial charge in [-0.15, -0.1) is 0 Å². The summed E-state index contributed by atoms with van der Waals surface area (Å²) < 4.78 is 9.50. The van der Waals surface area contributed by atoms with E-state index in [2.05, 4.69) is 14.7 Å². The van der Waals surface area contributed by atoms with Gasteiger partial charge in [-0.1, -0.05) is 12.1 Å². The van der Waals surface area contributed by atoms with Crippen LogP contribution in [0.15, 0.2) is 24.3 Å². The van der Waals surface area contributed by atoms with Crippen molar-refractivity contribution in [2.24, 2.45) is 0 Å². The average Bonchev–Trinajstić information content (AvgIpc) is 2.94. The van der Waals surface area contributed by atoms with Gasteiger partial charge in [0.15, 0.2) is 0 Å². The Bertz CT molecular complexity index is 673. The Morgan fingerprint density at radius 2 is 2.23 bits per heavy atom. The predicted octanol–water partition coefficient (Wildman–Crippen LogP) is 2.46. The van der Waals surface area contributed by atoms with Crippen LogP contribution in [-0.2, 0) is 4.79 Å². The molecule has 6 nitrogen and oxygen atoms in total. The zero-order chi connectivity index (χ0) is 15.5. The number of amides is 1. The molecule has 7 heteroatoms. The lowest BCUT2D eigenvalue weighted by Crippen LogP contribution is -2.47. The third-order valence-corrected chi connectivity index (χ3v) is 4.38. The second-order valence-corrected chi connectivity index (χ2v) is 5.90. The molecule has 0 spiro atoms. The number of rotatable bonds is 4. The molecule has 2 aromatic rings. The van der Waals surface area contributed by atoms with Crippen molar-refractivity contribution in [2.75, 3.05) is 23.9 Å². The number of aryl methyl sites for hydroxylation is 1. The van der Waals surface area contributed by atoms with E-state index >= 15 is 0 Å². The first-order valence-electron chi connectivity index (χ1n) is 7.20. The molecule has 3 rings (SSSR count). The highest BCUT2D eigenvalue weighted by molar-refractivity contribution is 7.09. The summed E-state index contributed by atoms with van der Waals surface area (Å²) in [4.78, 5) is 18.8. The molecular weight excluding hydrogens is 300 g/mol. The highest BCUT2D eigenvalue weighted by atomic mass is 32.1. The van der Waals surface area contributed by atoms with Crippen molar-refractivity contribution in [1.82, 2.24) is 9.36 Å². The van der Waals surface area contributed by atoms with Crippen molar-refractivity contribution in [3.63, 3.8) is 0 Å². The summed E-state index contributed by atoms with van der Waals surface area (Å²) in [7, 11) is 1.62. The zero-order valence-corrected chi connectivity index (χ0v) is 13.4. The normalized spacial score (nSPS) is 18.4. The van der Waals surface area contributed by atoms with Gasteiger partial charge in [-0.3, -0.25) is 4.79 Å². The van der Waals surface area contributed by atoms with Gasteiger partial charge in [-0.2, -0.15) is 4.37 Å². The Hall–Kier alpha value is -2.15. The van der Waals surface area contributed by atoms with Gasteiger partial charge in [-0.05, 0) is 31.9 Å². The molecule has 116 valence electrons. The number of aromatic nitrogens is 2. The molecular formula is C15H18N4O2S. The lowest BCUT2D eigenvalue weighted by atomic mass is 10.0. The van der Waals surface area contributed by atoms with E-state index in [1.54, 1.807) is 12.0 Å². The van der Waals surface area contributed by atoms with Gasteiger partial charge in [-0.25, -0.2) is 4.98 Å². The summed E-state index contributed by atoms with van der Waals surface area (Å²) in [6.07, 6.45) is 1.72. The van der Waals surface area contributed by atoms with Crippen LogP contribution in [0.4, 0.5) is 10.8 Å². The molecule has 0 unspecified atom stereocenters. The Balaban J connectivity index is 1.80. The fourth-order valence-electron chi connectivity index (χ4n) is 2.61. The summed E-state index contributed by atoms with van der Waals surface area (Å²) in [6, 6.07) is 7.32. The van der Waals surface area contributed by atoms with Crippen LogP contribution in [0.2, 0.25) is 0 Å². The van der Waals surface area contributed by atoms with E-state index in [-0.39, 0.29) is 11.9 Å². The third-order valence-electron chi connectivity index (χ3n) is 3.64. The molecule has 0 bridgehead atoms. The first kappa shape index (κ1) is 14.8. The average molecular weight is 318 g/mol. The molecule has 1 aliphatic rings. The SMILES string of the molecule is COc1ccccc1N1CCC[C@@H](Nc2nc(C)ns2)C1=O. The van der Waals surface area contributed by atoms with Crippen molar-refractivity contribution in [1.29, 1.82) is 0 Å². The number of piperidine rings is 1. The van der Waals surface area contributed by atoms with Crippen molar-refractivity contribution < 1.29 is 9.53 Å². The van der Waals surface area contributed by atoms with Gasteiger partial charge in [0.2, 0.25) is 11.0 Å². The number of para-hydroxylation sites is 2. The molecule has 1 aromatic heterocycles. The van der Waals surface area contributed by atoms with Crippen LogP contribution in [0, 0.1) is 6.92 Å². The minimum Gasteiger partial charge on any atom is -0.495 e. The van der Waals surface area contributed by atoms with Gasteiger partial charge in [0, 0.05) is 18.1 Å². The predicted molar refractivity (Wildman–Crippen MR) is 86.6 cm³/mol. The smallest absolute Gasteiger partial charge is 0.249 e. The molecule has 1 saturated heterocycles. The summed E-state index contributed by atoms with van der Waals surface area (Å²) in [6.45, 7) is 2.54. The van der Waals surface area contributed by atoms with E-state index in [0.29, 0.717) is 17.4 Å². The van der Waals surface area contributed by atoms with E-state index in [9.17, 15) is 4.79 Å². The molecule has 2 heterocycles. The van der Waals surface area contributed by atoms with Gasteiger partial charge in [0.05, 0.1) is 12.8 Å². The van der Waals surface area contributed by atoms with Crippen molar-refractivity contribution in [3.05, 3.63) is 30.1 Å². The molecule has 1 N–H and O–H groups in total. The fraction of sp³-hybridized carbons (Fsp3) is 0.400. The topological polar surface area (TPSA) is 67.3 Å². The summed E-state index contributed by atoms with van der Waals surface area (Å²) >= 11 is 1.28. The maximum absolute atomic E-state index is 12.8. The number of ether oxygens (including phenoxy) is 1. The Kier molecular flexibility index (Phi) is 4.24. The minimum absolute atomic E-state index is 0.0450. The lowest BCUT2D eigenvalue weighted by molar-refractivity contribution is -0.120. The number of carbonyl (C=O) groups excluding carboxylic acids is 1. The van der Waals surface area contributed by atoms with E-state index in [1.165, 1.54) is 11.5 Å². The molecule has 0 radical (unpaired) electrons. The number of nitrogens with zero attached hydrogens (tertiary/aromatic N) is 3. The number of benzene rings is 1. The molecule has 0 saturated carbocycles. The van der Waals surface area contributed by atoms with Crippen molar-refractivity contribution >= 4 is 28.3 Å². The van der Waals surface area contributed by atoms with Gasteiger partial charge in [0.1, 0.15) is 17.6 Å². The number of nitrogens with one attached hydrogen (secondary N) is 1. The van der Waals surface area contributed by atoms with E-state index in [0.717, 1.165) is 24.4 Å². The van der Waals surface area contributed by atoms with Crippen LogP contribution in [0.1, 0.15) is 18.7 Å². The Labute approximate surface area is 133 Å². The molecule has 1 fully saturated rings. The largest absolute Gasteiger partial charge is 0.495 e. The number of anilines is 2. The Morgan fingerprint density at radius 1 is 1.41 bits per heavy atom. The first-order valence-corrected chi connectivity index (χ1v) is 7.97. The van der Waals surface area contributed by atoms with Gasteiger partial charge >= 0.3 is 0 Å². The maximum atomic E-state index is 12.8. The zero-order valence-electron chi connectivity index (χ0n) is 12.6. The molecule has 1 aliphatic heterocycles. The first-order chi connectivity index (χ1) is 10.7. The van der Waals surface area contributed by atoms with Crippen LogP contribution in [0.5, 0.6) is 5.75 Å². The molecule has 0 aliphatic carbocycles. The van der Waals surface area contributed by atoms with Crippen LogP contribution in [-0.4, -0.2) is 35.0 Å². The fourth-order valence-corrected chi connectivity index (χ4v) is 3.23. The lowest BCUT2D eigenvalue weighted by Gasteiger charge is -2.33. The van der Waals surface area contributed by atoms with Gasteiger partial charge < -0.3 is 15.0 Å². The second-order valence-electron chi connectivity index (χ2n) is 5.15. The van der Waals surface area contributed by atoms with Crippen LogP contribution >= 0.6 is 11.5 Å². The van der Waals surface area contributed by atoms with Crippen molar-refractivity contribution in [3.8, 4) is 5.75 Å². The molecule has 22 heavy (non-hydrogen) atoms. The van der Waals surface area contributed by atoms with Crippen molar-refractivity contribution in [2.45, 2.75) is 25.8 Å². The number of methoxy groups -OCH3 is 1. The van der Waals surface area contributed by atoms with Crippen LogP contribution in [0.3, 0.4) is 0 Å². The third kappa shape index (κ3) is 2.89. The van der Waals surface area contributed by atoms with Crippen LogP contribution in [0.25, 0.3) is 0 Å². The highest BCUT2D eigenvalue weighted by Crippen LogP contribution is 2.31. The molecule has 1 aromatic carbocycles. The summed E-state index contributed by atoms with van der Waals surface area (Å²) in [5.41, 5.74) is 0.815. The second kappa shape index (κ2) is 6.31. The van der Waals surface area contributed by atoms with E-state index in [4.69, 9.17) is 4.74 Å². The monoisotopic (exact) mass is 318 g/mol. The van der Waals surface area contributed by atoms with E-state index in [1.807, 2.05) is 31.2 Å². The maximum Gasteiger partial charge on any atom is 0.249 e. The van der Waals surface area contributed by atoms with Gasteiger partial charge in [0.25, 0.3) is 0 Å². The van der Waals surface area contributed by atoms with E-state index < -0.39 is 0 Å². The minimum atomic E-state index is -0.272.